The summed E-state index contributed by atoms with van der Waals surface area (Å²) in [4.78, 5) is 14.7. The van der Waals surface area contributed by atoms with E-state index in [2.05, 4.69) is 4.98 Å². The Hall–Kier alpha value is -2.31. The summed E-state index contributed by atoms with van der Waals surface area (Å²) in [5.74, 6) is -0.474. The second kappa shape index (κ2) is 5.82. The predicted octanol–water partition coefficient (Wildman–Crippen LogP) is 5.18. The molecule has 4 nitrogen and oxygen atoms in total. The number of nitrogens with zero attached hydrogens (tertiary/aromatic N) is 2. The van der Waals surface area contributed by atoms with E-state index >= 15 is 0 Å². The second-order valence-electron chi connectivity index (χ2n) is 4.47. The molecule has 3 rings (SSSR count). The topological polar surface area (TPSA) is 56.0 Å². The van der Waals surface area contributed by atoms with Crippen molar-refractivity contribution in [1.82, 2.24) is 4.98 Å². The van der Waals surface area contributed by atoms with Gasteiger partial charge < -0.3 is 0 Å². The summed E-state index contributed by atoms with van der Waals surface area (Å²) >= 11 is 7.17. The van der Waals surface area contributed by atoms with Crippen LogP contribution in [0.5, 0.6) is 0 Å². The zero-order chi connectivity index (χ0) is 15.7. The standard InChI is InChI=1S/C15H8ClFN2O2S/c16-12-7-10(3-6-13(12)17)15-18-14(8-22-15)9-1-4-11(5-2-9)19(20)21/h1-8H. The number of aromatic nitrogens is 1. The fraction of sp³-hybridized carbons (Fsp3) is 0. The number of nitro groups is 1. The molecule has 22 heavy (non-hydrogen) atoms. The molecule has 110 valence electrons. The minimum atomic E-state index is -0.474. The Kier molecular flexibility index (Phi) is 3.87. The van der Waals surface area contributed by atoms with Gasteiger partial charge in [-0.25, -0.2) is 9.37 Å². The first-order chi connectivity index (χ1) is 10.5. The van der Waals surface area contributed by atoms with E-state index in [1.807, 2.05) is 5.38 Å². The van der Waals surface area contributed by atoms with Gasteiger partial charge in [0.1, 0.15) is 10.8 Å². The zero-order valence-electron chi connectivity index (χ0n) is 11.0. The van der Waals surface area contributed by atoms with E-state index < -0.39 is 10.7 Å². The fourth-order valence-corrected chi connectivity index (χ4v) is 2.93. The lowest BCUT2D eigenvalue weighted by Gasteiger charge is -1.99. The third kappa shape index (κ3) is 2.84. The molecule has 0 amide bonds. The van der Waals surface area contributed by atoms with Crippen LogP contribution in [-0.4, -0.2) is 9.91 Å². The van der Waals surface area contributed by atoms with Crippen LogP contribution in [0.1, 0.15) is 0 Å². The van der Waals surface area contributed by atoms with Crippen molar-refractivity contribution < 1.29 is 9.31 Å². The minimum Gasteiger partial charge on any atom is -0.258 e. The summed E-state index contributed by atoms with van der Waals surface area (Å²) < 4.78 is 13.2. The van der Waals surface area contributed by atoms with Gasteiger partial charge in [-0.2, -0.15) is 0 Å². The summed E-state index contributed by atoms with van der Waals surface area (Å²) in [7, 11) is 0. The van der Waals surface area contributed by atoms with Gasteiger partial charge >= 0.3 is 0 Å². The molecule has 7 heteroatoms. The van der Waals surface area contributed by atoms with E-state index in [0.29, 0.717) is 10.7 Å². The molecule has 0 atom stereocenters. The maximum absolute atomic E-state index is 13.2. The van der Waals surface area contributed by atoms with Gasteiger partial charge in [-0.1, -0.05) is 11.6 Å². The van der Waals surface area contributed by atoms with Crippen LogP contribution in [-0.2, 0) is 0 Å². The molecule has 1 heterocycles. The number of thiazole rings is 1. The first-order valence-corrected chi connectivity index (χ1v) is 7.46. The number of hydrogen-bond acceptors (Lipinski definition) is 4. The van der Waals surface area contributed by atoms with Crippen LogP contribution in [0.2, 0.25) is 5.02 Å². The zero-order valence-corrected chi connectivity index (χ0v) is 12.6. The van der Waals surface area contributed by atoms with Crippen molar-refractivity contribution in [2.45, 2.75) is 0 Å². The molecule has 0 aliphatic rings. The van der Waals surface area contributed by atoms with Gasteiger partial charge in [-0.3, -0.25) is 10.1 Å². The Morgan fingerprint density at radius 2 is 1.82 bits per heavy atom. The first-order valence-electron chi connectivity index (χ1n) is 6.20. The molecule has 0 aliphatic carbocycles. The molecule has 0 aliphatic heterocycles. The number of benzene rings is 2. The largest absolute Gasteiger partial charge is 0.269 e. The molecular weight excluding hydrogens is 327 g/mol. The maximum atomic E-state index is 13.2. The highest BCUT2D eigenvalue weighted by Crippen LogP contribution is 2.31. The molecule has 0 spiro atoms. The number of non-ortho nitro benzene ring substituents is 1. The molecule has 0 fully saturated rings. The smallest absolute Gasteiger partial charge is 0.258 e. The van der Waals surface area contributed by atoms with Crippen LogP contribution in [0.4, 0.5) is 10.1 Å². The van der Waals surface area contributed by atoms with E-state index in [-0.39, 0.29) is 10.7 Å². The van der Waals surface area contributed by atoms with Crippen LogP contribution in [0.25, 0.3) is 21.8 Å². The Morgan fingerprint density at radius 1 is 1.14 bits per heavy atom. The minimum absolute atomic E-state index is 0.0320. The second-order valence-corrected chi connectivity index (χ2v) is 5.74. The predicted molar refractivity (Wildman–Crippen MR) is 84.6 cm³/mol. The van der Waals surface area contributed by atoms with Crippen molar-refractivity contribution in [1.29, 1.82) is 0 Å². The van der Waals surface area contributed by atoms with Crippen molar-refractivity contribution >= 4 is 28.6 Å². The summed E-state index contributed by atoms with van der Waals surface area (Å²) in [6.45, 7) is 0. The van der Waals surface area contributed by atoms with E-state index in [9.17, 15) is 14.5 Å². The molecule has 0 unspecified atom stereocenters. The molecule has 1 aromatic heterocycles. The Balaban J connectivity index is 1.93. The van der Waals surface area contributed by atoms with Gasteiger partial charge in [0.15, 0.2) is 0 Å². The molecule has 0 saturated heterocycles. The molecule has 0 bridgehead atoms. The monoisotopic (exact) mass is 334 g/mol. The highest BCUT2D eigenvalue weighted by molar-refractivity contribution is 7.13. The van der Waals surface area contributed by atoms with Gasteiger partial charge in [0.2, 0.25) is 0 Å². The van der Waals surface area contributed by atoms with Crippen LogP contribution >= 0.6 is 22.9 Å². The van der Waals surface area contributed by atoms with E-state index in [0.717, 1.165) is 11.1 Å². The van der Waals surface area contributed by atoms with Crippen molar-refractivity contribution in [3.8, 4) is 21.8 Å². The van der Waals surface area contributed by atoms with E-state index in [4.69, 9.17) is 11.6 Å². The van der Waals surface area contributed by atoms with Gasteiger partial charge in [0.05, 0.1) is 15.6 Å². The number of rotatable bonds is 3. The summed E-state index contributed by atoms with van der Waals surface area (Å²) in [6.07, 6.45) is 0. The average Bonchev–Trinajstić information content (AvgIpc) is 3.00. The number of halogens is 2. The molecule has 2 aromatic carbocycles. The lowest BCUT2D eigenvalue weighted by atomic mass is 10.1. The van der Waals surface area contributed by atoms with E-state index in [1.54, 1.807) is 18.2 Å². The number of nitro benzene ring substituents is 1. The highest BCUT2D eigenvalue weighted by atomic mass is 35.5. The van der Waals surface area contributed by atoms with Gasteiger partial charge in [-0.15, -0.1) is 11.3 Å². The Bertz CT molecular complexity index is 849. The Morgan fingerprint density at radius 3 is 2.45 bits per heavy atom. The third-order valence-electron chi connectivity index (χ3n) is 3.04. The normalized spacial score (nSPS) is 10.6. The molecule has 0 radical (unpaired) electrons. The number of hydrogen-bond donors (Lipinski definition) is 0. The van der Waals surface area contributed by atoms with Gasteiger partial charge in [-0.05, 0) is 30.3 Å². The summed E-state index contributed by atoms with van der Waals surface area (Å²) in [6, 6.07) is 10.6. The lowest BCUT2D eigenvalue weighted by molar-refractivity contribution is -0.384. The van der Waals surface area contributed by atoms with Crippen molar-refractivity contribution in [3.05, 3.63) is 68.8 Å². The Labute approximate surface area is 134 Å². The quantitative estimate of drug-likeness (QED) is 0.490. The van der Waals surface area contributed by atoms with Crippen LogP contribution in [0.15, 0.2) is 47.8 Å². The van der Waals surface area contributed by atoms with Crippen molar-refractivity contribution in [2.75, 3.05) is 0 Å². The van der Waals surface area contributed by atoms with Gasteiger partial charge in [0.25, 0.3) is 5.69 Å². The first kappa shape index (κ1) is 14.6. The summed E-state index contributed by atoms with van der Waals surface area (Å²) in [5, 5.41) is 13.2. The van der Waals surface area contributed by atoms with Crippen molar-refractivity contribution in [3.63, 3.8) is 0 Å². The lowest BCUT2D eigenvalue weighted by Crippen LogP contribution is -1.87. The SMILES string of the molecule is O=[N+]([O-])c1ccc(-c2csc(-c3ccc(F)c(Cl)c3)n2)cc1. The fourth-order valence-electron chi connectivity index (χ4n) is 1.92. The van der Waals surface area contributed by atoms with Crippen LogP contribution < -0.4 is 0 Å². The molecular formula is C15H8ClFN2O2S. The van der Waals surface area contributed by atoms with Crippen molar-refractivity contribution in [2.24, 2.45) is 0 Å². The highest BCUT2D eigenvalue weighted by Gasteiger charge is 2.10. The van der Waals surface area contributed by atoms with E-state index in [1.165, 1.54) is 35.6 Å². The molecule has 3 aromatic rings. The van der Waals surface area contributed by atoms with Crippen LogP contribution in [0.3, 0.4) is 0 Å². The summed E-state index contributed by atoms with van der Waals surface area (Å²) in [5.41, 5.74) is 2.24. The van der Waals surface area contributed by atoms with Crippen LogP contribution in [0, 0.1) is 15.9 Å². The van der Waals surface area contributed by atoms with Gasteiger partial charge in [0, 0.05) is 28.6 Å². The third-order valence-corrected chi connectivity index (χ3v) is 4.23. The molecule has 0 N–H and O–H groups in total. The maximum Gasteiger partial charge on any atom is 0.269 e. The molecule has 0 saturated carbocycles. The average molecular weight is 335 g/mol.